The predicted molar refractivity (Wildman–Crippen MR) is 87.9 cm³/mol. The third-order valence-electron chi connectivity index (χ3n) is 4.79. The van der Waals surface area contributed by atoms with E-state index < -0.39 is 26.9 Å². The minimum atomic E-state index is -3.03. The summed E-state index contributed by atoms with van der Waals surface area (Å²) in [5, 5.41) is 12.8. The number of alkyl carbamates (subject to hydrolysis) is 1. The SMILES string of the molecule is CC(C)(C)OC(=O)NCC(CO)(CC1CC1)C1CCS(=O)(=O)C1. The molecule has 2 unspecified atom stereocenters. The number of hydrogen-bond acceptors (Lipinski definition) is 5. The first kappa shape index (κ1) is 18.5. The van der Waals surface area contributed by atoms with Crippen molar-refractivity contribution in [3.8, 4) is 0 Å². The Hall–Kier alpha value is -0.820. The first-order valence-corrected chi connectivity index (χ1v) is 10.2. The molecule has 7 heteroatoms. The highest BCUT2D eigenvalue weighted by atomic mass is 32.2. The van der Waals surface area contributed by atoms with Crippen molar-refractivity contribution in [2.45, 2.75) is 52.1 Å². The molecular formula is C16H29NO5S. The largest absolute Gasteiger partial charge is 0.444 e. The molecule has 1 saturated carbocycles. The number of rotatable bonds is 6. The summed E-state index contributed by atoms with van der Waals surface area (Å²) in [6.45, 7) is 5.52. The maximum absolute atomic E-state index is 11.9. The molecule has 0 radical (unpaired) electrons. The topological polar surface area (TPSA) is 92.7 Å². The fourth-order valence-corrected chi connectivity index (χ4v) is 5.31. The molecule has 6 nitrogen and oxygen atoms in total. The Morgan fingerprint density at radius 1 is 1.26 bits per heavy atom. The van der Waals surface area contributed by atoms with Crippen LogP contribution < -0.4 is 5.32 Å². The van der Waals surface area contributed by atoms with E-state index in [0.717, 1.165) is 19.3 Å². The van der Waals surface area contributed by atoms with Gasteiger partial charge < -0.3 is 15.2 Å². The second kappa shape index (κ2) is 6.59. The van der Waals surface area contributed by atoms with Crippen molar-refractivity contribution < 1.29 is 23.1 Å². The van der Waals surface area contributed by atoms with Crippen molar-refractivity contribution in [2.24, 2.45) is 17.3 Å². The second-order valence-corrected chi connectivity index (χ2v) is 10.4. The molecule has 23 heavy (non-hydrogen) atoms. The van der Waals surface area contributed by atoms with Crippen LogP contribution in [0.4, 0.5) is 4.79 Å². The number of sulfone groups is 1. The molecule has 2 aliphatic rings. The van der Waals surface area contributed by atoms with E-state index in [1.807, 2.05) is 0 Å². The third-order valence-corrected chi connectivity index (χ3v) is 6.56. The quantitative estimate of drug-likeness (QED) is 0.763. The average molecular weight is 347 g/mol. The number of carbonyl (C=O) groups is 1. The number of carbonyl (C=O) groups excluding carboxylic acids is 1. The van der Waals surface area contributed by atoms with Gasteiger partial charge in [-0.3, -0.25) is 0 Å². The minimum Gasteiger partial charge on any atom is -0.444 e. The summed E-state index contributed by atoms with van der Waals surface area (Å²) in [4.78, 5) is 11.9. The Balaban J connectivity index is 2.05. The molecule has 0 bridgehead atoms. The van der Waals surface area contributed by atoms with E-state index in [2.05, 4.69) is 5.32 Å². The highest BCUT2D eigenvalue weighted by Gasteiger charge is 2.47. The lowest BCUT2D eigenvalue weighted by Gasteiger charge is -2.37. The summed E-state index contributed by atoms with van der Waals surface area (Å²) in [5.74, 6) is 0.714. The van der Waals surface area contributed by atoms with Crippen LogP contribution in [0.2, 0.25) is 0 Å². The molecule has 2 fully saturated rings. The maximum Gasteiger partial charge on any atom is 0.407 e. The van der Waals surface area contributed by atoms with E-state index >= 15 is 0 Å². The first-order chi connectivity index (χ1) is 10.6. The zero-order valence-corrected chi connectivity index (χ0v) is 15.1. The maximum atomic E-state index is 11.9. The molecule has 134 valence electrons. The molecule has 1 heterocycles. The van der Waals surface area contributed by atoms with Crippen molar-refractivity contribution in [2.75, 3.05) is 24.7 Å². The first-order valence-electron chi connectivity index (χ1n) is 8.33. The molecule has 2 N–H and O–H groups in total. The van der Waals surface area contributed by atoms with Gasteiger partial charge in [0, 0.05) is 12.0 Å². The Morgan fingerprint density at radius 3 is 2.35 bits per heavy atom. The van der Waals surface area contributed by atoms with Crippen LogP contribution in [0.15, 0.2) is 0 Å². The van der Waals surface area contributed by atoms with Gasteiger partial charge in [-0.25, -0.2) is 13.2 Å². The van der Waals surface area contributed by atoms with Crippen LogP contribution in [0.1, 0.15) is 46.5 Å². The van der Waals surface area contributed by atoms with Crippen LogP contribution in [0.25, 0.3) is 0 Å². The fraction of sp³-hybridized carbons (Fsp3) is 0.938. The van der Waals surface area contributed by atoms with Gasteiger partial charge in [0.15, 0.2) is 9.84 Å². The van der Waals surface area contributed by atoms with Crippen molar-refractivity contribution in [3.05, 3.63) is 0 Å². The van der Waals surface area contributed by atoms with Crippen molar-refractivity contribution >= 4 is 15.9 Å². The molecule has 2 rings (SSSR count). The van der Waals surface area contributed by atoms with Gasteiger partial charge in [0.1, 0.15) is 5.60 Å². The van der Waals surface area contributed by atoms with Crippen molar-refractivity contribution in [1.82, 2.24) is 5.32 Å². The summed E-state index contributed by atoms with van der Waals surface area (Å²) in [6.07, 6.45) is 3.04. The lowest BCUT2D eigenvalue weighted by atomic mass is 9.71. The minimum absolute atomic E-state index is 0.104. The number of aliphatic hydroxyl groups excluding tert-OH is 1. The Morgan fingerprint density at radius 2 is 1.91 bits per heavy atom. The van der Waals surface area contributed by atoms with E-state index in [4.69, 9.17) is 4.74 Å². The summed E-state index contributed by atoms with van der Waals surface area (Å²) in [6, 6.07) is 0. The molecule has 0 aromatic rings. The molecule has 1 aliphatic carbocycles. The zero-order chi connectivity index (χ0) is 17.3. The molecule has 0 spiro atoms. The molecule has 0 aromatic carbocycles. The molecule has 1 saturated heterocycles. The average Bonchev–Trinajstić information content (AvgIpc) is 3.14. The standard InChI is InChI=1S/C16H29NO5S/c1-15(2,3)22-14(19)17-10-16(11-18,8-12-4-5-12)13-6-7-23(20,21)9-13/h12-13,18H,4-11H2,1-3H3,(H,17,19). The van der Waals surface area contributed by atoms with Crippen LogP contribution in [0.3, 0.4) is 0 Å². The van der Waals surface area contributed by atoms with E-state index in [1.165, 1.54) is 0 Å². The predicted octanol–water partition coefficient (Wildman–Crippen LogP) is 1.72. The fourth-order valence-electron chi connectivity index (χ4n) is 3.37. The van der Waals surface area contributed by atoms with E-state index in [-0.39, 0.29) is 30.6 Å². The van der Waals surface area contributed by atoms with Gasteiger partial charge in [0.2, 0.25) is 0 Å². The summed E-state index contributed by atoms with van der Waals surface area (Å²) in [7, 11) is -3.03. The number of amides is 1. The van der Waals surface area contributed by atoms with Crippen LogP contribution >= 0.6 is 0 Å². The smallest absolute Gasteiger partial charge is 0.407 e. The molecule has 1 amide bonds. The van der Waals surface area contributed by atoms with E-state index in [9.17, 15) is 18.3 Å². The number of aliphatic hydroxyl groups is 1. The Bertz CT molecular complexity index is 535. The zero-order valence-electron chi connectivity index (χ0n) is 14.3. The summed E-state index contributed by atoms with van der Waals surface area (Å²) >= 11 is 0. The highest BCUT2D eigenvalue weighted by Crippen LogP contribution is 2.46. The molecule has 2 atom stereocenters. The van der Waals surface area contributed by atoms with Gasteiger partial charge in [-0.2, -0.15) is 0 Å². The van der Waals surface area contributed by atoms with Crippen LogP contribution in [-0.4, -0.2) is 49.9 Å². The lowest BCUT2D eigenvalue weighted by Crippen LogP contribution is -2.47. The highest BCUT2D eigenvalue weighted by molar-refractivity contribution is 7.91. The molecule has 1 aliphatic heterocycles. The number of ether oxygens (including phenoxy) is 1. The van der Waals surface area contributed by atoms with Gasteiger partial charge >= 0.3 is 6.09 Å². The summed E-state index contributed by atoms with van der Waals surface area (Å²) in [5.41, 5.74) is -1.15. The van der Waals surface area contributed by atoms with Crippen LogP contribution in [0, 0.1) is 17.3 Å². The number of nitrogens with one attached hydrogen (secondary N) is 1. The van der Waals surface area contributed by atoms with E-state index in [0.29, 0.717) is 12.3 Å². The molecule has 0 aromatic heterocycles. The van der Waals surface area contributed by atoms with Gasteiger partial charge in [-0.15, -0.1) is 0 Å². The lowest BCUT2D eigenvalue weighted by molar-refractivity contribution is 0.0328. The normalized spacial score (nSPS) is 26.5. The van der Waals surface area contributed by atoms with Crippen LogP contribution in [0.5, 0.6) is 0 Å². The van der Waals surface area contributed by atoms with Gasteiger partial charge in [-0.1, -0.05) is 12.8 Å². The van der Waals surface area contributed by atoms with E-state index in [1.54, 1.807) is 20.8 Å². The van der Waals surface area contributed by atoms with Crippen molar-refractivity contribution in [1.29, 1.82) is 0 Å². The second-order valence-electron chi connectivity index (χ2n) is 8.12. The van der Waals surface area contributed by atoms with Gasteiger partial charge in [0.25, 0.3) is 0 Å². The monoisotopic (exact) mass is 347 g/mol. The van der Waals surface area contributed by atoms with Crippen LogP contribution in [-0.2, 0) is 14.6 Å². The Labute approximate surface area is 138 Å². The molecular weight excluding hydrogens is 318 g/mol. The summed E-state index contributed by atoms with van der Waals surface area (Å²) < 4.78 is 28.9. The van der Waals surface area contributed by atoms with Gasteiger partial charge in [0.05, 0.1) is 18.1 Å². The third kappa shape index (κ3) is 5.35. The number of hydrogen-bond donors (Lipinski definition) is 2. The Kier molecular flexibility index (Phi) is 5.31. The van der Waals surface area contributed by atoms with Crippen molar-refractivity contribution in [3.63, 3.8) is 0 Å². The van der Waals surface area contributed by atoms with Gasteiger partial charge in [-0.05, 0) is 45.4 Å².